The Labute approximate surface area is 122 Å². The van der Waals surface area contributed by atoms with Gasteiger partial charge < -0.3 is 10.1 Å². The molecular weight excluding hydrogens is 272 g/mol. The summed E-state index contributed by atoms with van der Waals surface area (Å²) in [6.07, 6.45) is 2.87. The molecule has 0 saturated carbocycles. The maximum atomic E-state index is 11.7. The molecule has 5 heteroatoms. The second-order valence-electron chi connectivity index (χ2n) is 4.59. The molecule has 0 spiro atoms. The first kappa shape index (κ1) is 14.5. The predicted octanol–water partition coefficient (Wildman–Crippen LogP) is 3.56. The van der Waals surface area contributed by atoms with Crippen LogP contribution in [0.25, 0.3) is 0 Å². The Hall–Kier alpha value is -1.88. The van der Waals surface area contributed by atoms with Gasteiger partial charge in [0, 0.05) is 17.5 Å². The van der Waals surface area contributed by atoms with E-state index in [1.165, 1.54) is 16.9 Å². The zero-order chi connectivity index (χ0) is 14.4. The summed E-state index contributed by atoms with van der Waals surface area (Å²) in [7, 11) is 0. The number of carbonyl (C=O) groups excluding carboxylic acids is 1. The fourth-order valence-corrected chi connectivity index (χ4v) is 2.40. The highest BCUT2D eigenvalue weighted by Crippen LogP contribution is 2.17. The molecule has 0 unspecified atom stereocenters. The van der Waals surface area contributed by atoms with E-state index in [1.54, 1.807) is 6.20 Å². The van der Waals surface area contributed by atoms with Gasteiger partial charge in [-0.2, -0.15) is 0 Å². The van der Waals surface area contributed by atoms with Gasteiger partial charge in [0.25, 0.3) is 0 Å². The average Bonchev–Trinajstić information content (AvgIpc) is 2.80. The molecule has 1 N–H and O–H groups in total. The molecule has 1 aromatic heterocycles. The number of rotatable bonds is 6. The molecule has 0 aliphatic carbocycles. The maximum Gasteiger partial charge on any atom is 0.226 e. The van der Waals surface area contributed by atoms with Gasteiger partial charge in [0.2, 0.25) is 5.91 Å². The zero-order valence-electron chi connectivity index (χ0n) is 11.7. The van der Waals surface area contributed by atoms with Gasteiger partial charge in [-0.1, -0.05) is 12.1 Å². The Morgan fingerprint density at radius 2 is 2.25 bits per heavy atom. The molecule has 0 saturated heterocycles. The number of hydrogen-bond donors (Lipinski definition) is 1. The van der Waals surface area contributed by atoms with Gasteiger partial charge in [0.1, 0.15) is 5.75 Å². The number of nitrogens with one attached hydrogen (secondary N) is 1. The van der Waals surface area contributed by atoms with Gasteiger partial charge in [0.15, 0.2) is 5.13 Å². The number of nitrogens with zero attached hydrogens (tertiary/aromatic N) is 1. The number of hydrogen-bond acceptors (Lipinski definition) is 4. The monoisotopic (exact) mass is 290 g/mol. The van der Waals surface area contributed by atoms with E-state index in [-0.39, 0.29) is 5.91 Å². The van der Waals surface area contributed by atoms with Crippen LogP contribution < -0.4 is 10.1 Å². The lowest BCUT2D eigenvalue weighted by Gasteiger charge is -2.06. The summed E-state index contributed by atoms with van der Waals surface area (Å²) < 4.78 is 5.60. The van der Waals surface area contributed by atoms with E-state index in [4.69, 9.17) is 4.74 Å². The third kappa shape index (κ3) is 4.66. The van der Waals surface area contributed by atoms with Gasteiger partial charge in [-0.25, -0.2) is 4.98 Å². The summed E-state index contributed by atoms with van der Waals surface area (Å²) in [6.45, 7) is 4.52. The number of benzene rings is 1. The van der Waals surface area contributed by atoms with Crippen molar-refractivity contribution in [3.8, 4) is 5.75 Å². The molecule has 2 aromatic rings. The molecule has 0 aliphatic rings. The van der Waals surface area contributed by atoms with Crippen LogP contribution in [0.5, 0.6) is 5.75 Å². The molecule has 20 heavy (non-hydrogen) atoms. The summed E-state index contributed by atoms with van der Waals surface area (Å²) in [4.78, 5) is 16.9. The fourth-order valence-electron chi connectivity index (χ4n) is 1.72. The van der Waals surface area contributed by atoms with E-state index >= 15 is 0 Å². The summed E-state index contributed by atoms with van der Waals surface area (Å²) in [6, 6.07) is 7.89. The topological polar surface area (TPSA) is 51.2 Å². The third-order valence-corrected chi connectivity index (χ3v) is 3.50. The van der Waals surface area contributed by atoms with E-state index in [9.17, 15) is 4.79 Å². The molecule has 2 rings (SSSR count). The van der Waals surface area contributed by atoms with Crippen LogP contribution >= 0.6 is 11.3 Å². The highest BCUT2D eigenvalue weighted by molar-refractivity contribution is 7.15. The number of aromatic nitrogens is 1. The van der Waals surface area contributed by atoms with E-state index in [1.807, 2.05) is 38.1 Å². The predicted molar refractivity (Wildman–Crippen MR) is 81.4 cm³/mol. The van der Waals surface area contributed by atoms with Gasteiger partial charge in [0.05, 0.1) is 6.61 Å². The second-order valence-corrected chi connectivity index (χ2v) is 5.83. The van der Waals surface area contributed by atoms with E-state index in [0.717, 1.165) is 10.6 Å². The lowest BCUT2D eigenvalue weighted by Crippen LogP contribution is -2.12. The molecule has 1 aromatic carbocycles. The average molecular weight is 290 g/mol. The molecule has 4 nitrogen and oxygen atoms in total. The molecule has 0 aliphatic heterocycles. The first-order chi connectivity index (χ1) is 9.63. The minimum Gasteiger partial charge on any atom is -0.494 e. The first-order valence-electron chi connectivity index (χ1n) is 6.55. The highest BCUT2D eigenvalue weighted by atomic mass is 32.1. The van der Waals surface area contributed by atoms with Crippen LogP contribution in [0.3, 0.4) is 0 Å². The van der Waals surface area contributed by atoms with Gasteiger partial charge in [-0.05, 0) is 38.0 Å². The van der Waals surface area contributed by atoms with Crippen molar-refractivity contribution in [2.24, 2.45) is 0 Å². The lowest BCUT2D eigenvalue weighted by atomic mass is 10.2. The SMILES string of the molecule is Cc1cccc(OCCCC(=O)Nc2ncc(C)s2)c1. The molecule has 1 amide bonds. The second kappa shape index (κ2) is 7.05. The van der Waals surface area contributed by atoms with Crippen LogP contribution in [0.4, 0.5) is 5.13 Å². The minimum absolute atomic E-state index is 0.0211. The molecule has 0 atom stereocenters. The number of ether oxygens (including phenoxy) is 1. The van der Waals surface area contributed by atoms with Crippen molar-refractivity contribution in [2.75, 3.05) is 11.9 Å². The molecule has 1 heterocycles. The normalized spacial score (nSPS) is 10.3. The third-order valence-electron chi connectivity index (χ3n) is 2.67. The molecule has 0 fully saturated rings. The van der Waals surface area contributed by atoms with Crippen LogP contribution in [0.15, 0.2) is 30.5 Å². The molecule has 0 radical (unpaired) electrons. The first-order valence-corrected chi connectivity index (χ1v) is 7.37. The smallest absolute Gasteiger partial charge is 0.226 e. The Bertz CT molecular complexity index is 581. The van der Waals surface area contributed by atoms with E-state index in [2.05, 4.69) is 10.3 Å². The van der Waals surface area contributed by atoms with Gasteiger partial charge in [-0.15, -0.1) is 11.3 Å². The number of carbonyl (C=O) groups is 1. The van der Waals surface area contributed by atoms with Crippen LogP contribution in [0, 0.1) is 13.8 Å². The Kier molecular flexibility index (Phi) is 5.12. The largest absolute Gasteiger partial charge is 0.494 e. The van der Waals surface area contributed by atoms with Crippen molar-refractivity contribution in [1.82, 2.24) is 4.98 Å². The van der Waals surface area contributed by atoms with Crippen molar-refractivity contribution >= 4 is 22.4 Å². The summed E-state index contributed by atoms with van der Waals surface area (Å²) in [5.41, 5.74) is 1.17. The van der Waals surface area contributed by atoms with Crippen molar-refractivity contribution in [3.63, 3.8) is 0 Å². The van der Waals surface area contributed by atoms with Crippen LogP contribution in [-0.4, -0.2) is 17.5 Å². The van der Waals surface area contributed by atoms with E-state index < -0.39 is 0 Å². The summed E-state index contributed by atoms with van der Waals surface area (Å²) in [5.74, 6) is 0.827. The van der Waals surface area contributed by atoms with Crippen molar-refractivity contribution in [1.29, 1.82) is 0 Å². The maximum absolute atomic E-state index is 11.7. The van der Waals surface area contributed by atoms with Crippen molar-refractivity contribution in [3.05, 3.63) is 40.9 Å². The number of anilines is 1. The molecule has 0 bridgehead atoms. The minimum atomic E-state index is -0.0211. The summed E-state index contributed by atoms with van der Waals surface area (Å²) >= 11 is 1.48. The number of thiazole rings is 1. The Balaban J connectivity index is 1.67. The highest BCUT2D eigenvalue weighted by Gasteiger charge is 2.05. The quantitative estimate of drug-likeness (QED) is 0.828. The van der Waals surface area contributed by atoms with E-state index in [0.29, 0.717) is 24.6 Å². The fraction of sp³-hybridized carbons (Fsp3) is 0.333. The van der Waals surface area contributed by atoms with Crippen molar-refractivity contribution in [2.45, 2.75) is 26.7 Å². The lowest BCUT2D eigenvalue weighted by molar-refractivity contribution is -0.116. The summed E-state index contributed by atoms with van der Waals surface area (Å²) in [5, 5.41) is 3.44. The molecular formula is C15H18N2O2S. The number of aryl methyl sites for hydroxylation is 2. The van der Waals surface area contributed by atoms with Gasteiger partial charge in [-0.3, -0.25) is 4.79 Å². The van der Waals surface area contributed by atoms with Crippen LogP contribution in [0.1, 0.15) is 23.3 Å². The Morgan fingerprint density at radius 1 is 1.40 bits per heavy atom. The van der Waals surface area contributed by atoms with Gasteiger partial charge >= 0.3 is 0 Å². The molecule has 106 valence electrons. The zero-order valence-corrected chi connectivity index (χ0v) is 12.5. The standard InChI is InChI=1S/C15H18N2O2S/c1-11-5-3-6-13(9-11)19-8-4-7-14(18)17-15-16-10-12(2)20-15/h3,5-6,9-10H,4,7-8H2,1-2H3,(H,16,17,18). The number of amides is 1. The van der Waals surface area contributed by atoms with Crippen LogP contribution in [0.2, 0.25) is 0 Å². The van der Waals surface area contributed by atoms with Crippen LogP contribution in [-0.2, 0) is 4.79 Å². The van der Waals surface area contributed by atoms with Crippen molar-refractivity contribution < 1.29 is 9.53 Å². The Morgan fingerprint density at radius 3 is 2.95 bits per heavy atom.